The average molecular weight is 325 g/mol. The molecule has 0 spiro atoms. The fourth-order valence-electron chi connectivity index (χ4n) is 2.19. The van der Waals surface area contributed by atoms with Crippen LogP contribution in [-0.4, -0.2) is 16.0 Å². The maximum Gasteiger partial charge on any atom is 0.257 e. The molecule has 0 atom stereocenters. The predicted octanol–water partition coefficient (Wildman–Crippen LogP) is 3.04. The number of amides is 1. The molecule has 1 heterocycles. The number of hydrogen-bond donors (Lipinski definition) is 1. The van der Waals surface area contributed by atoms with E-state index < -0.39 is 5.82 Å². The van der Waals surface area contributed by atoms with Gasteiger partial charge in [-0.05, 0) is 30.7 Å². The van der Waals surface area contributed by atoms with Crippen LogP contribution in [0.3, 0.4) is 0 Å². The molecule has 24 heavy (non-hydrogen) atoms. The zero-order valence-corrected chi connectivity index (χ0v) is 13.1. The molecule has 0 unspecified atom stereocenters. The van der Waals surface area contributed by atoms with Gasteiger partial charge in [-0.3, -0.25) is 4.79 Å². The van der Waals surface area contributed by atoms with Crippen molar-refractivity contribution in [1.82, 2.24) is 15.5 Å². The SMILES string of the molecule is Cc1ccc(-c2nc(CNC(=O)Cc3ccccc3F)no2)cc1. The maximum atomic E-state index is 13.5. The number of hydrogen-bond acceptors (Lipinski definition) is 4. The van der Waals surface area contributed by atoms with E-state index in [4.69, 9.17) is 4.52 Å². The van der Waals surface area contributed by atoms with Crippen molar-refractivity contribution in [3.63, 3.8) is 0 Å². The van der Waals surface area contributed by atoms with E-state index in [-0.39, 0.29) is 18.9 Å². The Bertz CT molecular complexity index is 843. The van der Waals surface area contributed by atoms with E-state index in [9.17, 15) is 9.18 Å². The summed E-state index contributed by atoms with van der Waals surface area (Å²) in [6, 6.07) is 13.9. The van der Waals surface area contributed by atoms with Gasteiger partial charge in [0.15, 0.2) is 5.82 Å². The van der Waals surface area contributed by atoms with Crippen molar-refractivity contribution in [2.45, 2.75) is 19.9 Å². The predicted molar refractivity (Wildman–Crippen MR) is 86.4 cm³/mol. The van der Waals surface area contributed by atoms with Crippen LogP contribution in [0.2, 0.25) is 0 Å². The molecule has 3 aromatic rings. The Labute approximate surface area is 138 Å². The number of halogens is 1. The molecule has 0 bridgehead atoms. The third kappa shape index (κ3) is 3.84. The van der Waals surface area contributed by atoms with E-state index in [2.05, 4.69) is 15.5 Å². The van der Waals surface area contributed by atoms with Gasteiger partial charge in [0, 0.05) is 5.56 Å². The highest BCUT2D eigenvalue weighted by Crippen LogP contribution is 2.17. The third-order valence-electron chi connectivity index (χ3n) is 3.52. The third-order valence-corrected chi connectivity index (χ3v) is 3.52. The van der Waals surface area contributed by atoms with Crippen molar-refractivity contribution in [2.75, 3.05) is 0 Å². The largest absolute Gasteiger partial charge is 0.348 e. The van der Waals surface area contributed by atoms with E-state index in [0.29, 0.717) is 17.3 Å². The van der Waals surface area contributed by atoms with Gasteiger partial charge in [-0.2, -0.15) is 4.98 Å². The minimum absolute atomic E-state index is 0.0324. The van der Waals surface area contributed by atoms with Gasteiger partial charge >= 0.3 is 0 Å². The Kier molecular flexibility index (Phi) is 4.65. The summed E-state index contributed by atoms with van der Waals surface area (Å²) in [5, 5.41) is 6.49. The highest BCUT2D eigenvalue weighted by atomic mass is 19.1. The molecule has 2 aromatic carbocycles. The van der Waals surface area contributed by atoms with E-state index in [1.807, 2.05) is 31.2 Å². The quantitative estimate of drug-likeness (QED) is 0.783. The van der Waals surface area contributed by atoms with Crippen molar-refractivity contribution in [2.24, 2.45) is 0 Å². The molecule has 0 saturated heterocycles. The number of aryl methyl sites for hydroxylation is 1. The van der Waals surface area contributed by atoms with Gasteiger partial charge in [0.05, 0.1) is 13.0 Å². The van der Waals surface area contributed by atoms with Gasteiger partial charge in [0.1, 0.15) is 5.82 Å². The molecule has 0 aliphatic carbocycles. The smallest absolute Gasteiger partial charge is 0.257 e. The Morgan fingerprint density at radius 2 is 1.92 bits per heavy atom. The van der Waals surface area contributed by atoms with Crippen molar-refractivity contribution in [3.05, 3.63) is 71.3 Å². The summed E-state index contributed by atoms with van der Waals surface area (Å²) in [4.78, 5) is 16.1. The lowest BCUT2D eigenvalue weighted by Gasteiger charge is -2.03. The van der Waals surface area contributed by atoms with Gasteiger partial charge < -0.3 is 9.84 Å². The summed E-state index contributed by atoms with van der Waals surface area (Å²) < 4.78 is 18.7. The normalized spacial score (nSPS) is 10.6. The molecule has 0 radical (unpaired) electrons. The van der Waals surface area contributed by atoms with E-state index in [1.54, 1.807) is 18.2 Å². The molecular weight excluding hydrogens is 309 g/mol. The van der Waals surface area contributed by atoms with Crippen LogP contribution in [-0.2, 0) is 17.8 Å². The van der Waals surface area contributed by atoms with E-state index >= 15 is 0 Å². The number of carbonyl (C=O) groups excluding carboxylic acids is 1. The molecule has 5 nitrogen and oxygen atoms in total. The summed E-state index contributed by atoms with van der Waals surface area (Å²) in [6.07, 6.45) is -0.0324. The number of rotatable bonds is 5. The van der Waals surface area contributed by atoms with Gasteiger partial charge in [-0.1, -0.05) is 41.1 Å². The number of nitrogens with one attached hydrogen (secondary N) is 1. The van der Waals surface area contributed by atoms with E-state index in [1.165, 1.54) is 6.07 Å². The first-order chi connectivity index (χ1) is 11.6. The summed E-state index contributed by atoms with van der Waals surface area (Å²) in [5.74, 6) is 0.0662. The Balaban J connectivity index is 1.58. The number of carbonyl (C=O) groups is 1. The summed E-state index contributed by atoms with van der Waals surface area (Å²) in [5.41, 5.74) is 2.30. The van der Waals surface area contributed by atoms with Crippen LogP contribution in [0.4, 0.5) is 4.39 Å². The Hall–Kier alpha value is -3.02. The number of nitrogens with zero attached hydrogens (tertiary/aromatic N) is 2. The zero-order valence-electron chi connectivity index (χ0n) is 13.1. The Morgan fingerprint density at radius 3 is 2.67 bits per heavy atom. The fraction of sp³-hybridized carbons (Fsp3) is 0.167. The van der Waals surface area contributed by atoms with Crippen molar-refractivity contribution >= 4 is 5.91 Å². The fourth-order valence-corrected chi connectivity index (χ4v) is 2.19. The standard InChI is InChI=1S/C18H16FN3O2/c1-12-6-8-13(9-7-12)18-21-16(22-24-18)11-20-17(23)10-14-4-2-3-5-15(14)19/h2-9H,10-11H2,1H3,(H,20,23). The van der Waals surface area contributed by atoms with Gasteiger partial charge in [-0.15, -0.1) is 0 Å². The summed E-state index contributed by atoms with van der Waals surface area (Å²) in [7, 11) is 0. The van der Waals surface area contributed by atoms with Crippen LogP contribution in [0, 0.1) is 12.7 Å². The lowest BCUT2D eigenvalue weighted by atomic mass is 10.1. The first-order valence-corrected chi connectivity index (χ1v) is 7.51. The molecule has 0 saturated carbocycles. The minimum Gasteiger partial charge on any atom is -0.348 e. The first kappa shape index (κ1) is 15.9. The van der Waals surface area contributed by atoms with Crippen LogP contribution >= 0.6 is 0 Å². The van der Waals surface area contributed by atoms with E-state index in [0.717, 1.165) is 11.1 Å². The molecule has 1 aromatic heterocycles. The molecular formula is C18H16FN3O2. The molecule has 0 aliphatic rings. The second-order valence-corrected chi connectivity index (χ2v) is 5.43. The summed E-state index contributed by atoms with van der Waals surface area (Å²) in [6.45, 7) is 2.12. The van der Waals surface area contributed by atoms with Crippen LogP contribution < -0.4 is 5.32 Å². The highest BCUT2D eigenvalue weighted by Gasteiger charge is 2.11. The monoisotopic (exact) mass is 325 g/mol. The average Bonchev–Trinajstić information content (AvgIpc) is 3.05. The molecule has 0 aliphatic heterocycles. The molecule has 0 fully saturated rings. The maximum absolute atomic E-state index is 13.5. The minimum atomic E-state index is -0.395. The molecule has 3 rings (SSSR count). The lowest BCUT2D eigenvalue weighted by Crippen LogP contribution is -2.25. The van der Waals surface area contributed by atoms with Crippen LogP contribution in [0.25, 0.3) is 11.5 Å². The highest BCUT2D eigenvalue weighted by molar-refractivity contribution is 5.78. The number of aromatic nitrogens is 2. The van der Waals surface area contributed by atoms with Gasteiger partial charge in [-0.25, -0.2) is 4.39 Å². The number of benzene rings is 2. The van der Waals surface area contributed by atoms with Crippen LogP contribution in [0.15, 0.2) is 53.1 Å². The summed E-state index contributed by atoms with van der Waals surface area (Å²) >= 11 is 0. The lowest BCUT2D eigenvalue weighted by molar-refractivity contribution is -0.120. The van der Waals surface area contributed by atoms with Gasteiger partial charge in [0.25, 0.3) is 5.89 Å². The molecule has 6 heteroatoms. The zero-order chi connectivity index (χ0) is 16.9. The van der Waals surface area contributed by atoms with Crippen LogP contribution in [0.5, 0.6) is 0 Å². The van der Waals surface area contributed by atoms with Crippen molar-refractivity contribution < 1.29 is 13.7 Å². The first-order valence-electron chi connectivity index (χ1n) is 7.51. The van der Waals surface area contributed by atoms with Crippen molar-refractivity contribution in [3.8, 4) is 11.5 Å². The molecule has 1 amide bonds. The van der Waals surface area contributed by atoms with Crippen LogP contribution in [0.1, 0.15) is 17.0 Å². The second-order valence-electron chi connectivity index (χ2n) is 5.43. The Morgan fingerprint density at radius 1 is 1.17 bits per heavy atom. The topological polar surface area (TPSA) is 68.0 Å². The van der Waals surface area contributed by atoms with Crippen molar-refractivity contribution in [1.29, 1.82) is 0 Å². The second kappa shape index (κ2) is 7.04. The molecule has 1 N–H and O–H groups in total. The van der Waals surface area contributed by atoms with Gasteiger partial charge in [0.2, 0.25) is 5.91 Å². The molecule has 122 valence electrons.